The summed E-state index contributed by atoms with van der Waals surface area (Å²) in [6, 6.07) is 12.3. The van der Waals surface area contributed by atoms with Crippen molar-refractivity contribution in [1.82, 2.24) is 0 Å². The number of rotatable bonds is 4. The molecule has 0 saturated carbocycles. The van der Waals surface area contributed by atoms with Gasteiger partial charge in [-0.05, 0) is 53.3 Å². The van der Waals surface area contributed by atoms with Crippen LogP contribution in [0.3, 0.4) is 0 Å². The molecule has 0 aromatic heterocycles. The van der Waals surface area contributed by atoms with E-state index in [9.17, 15) is 0 Å². The predicted molar refractivity (Wildman–Crippen MR) is 92.0 cm³/mol. The Morgan fingerprint density at radius 2 is 1.75 bits per heavy atom. The Hall–Kier alpha value is -0.500. The molecule has 2 aromatic rings. The van der Waals surface area contributed by atoms with Crippen LogP contribution < -0.4 is 0 Å². The molecule has 0 heterocycles. The van der Waals surface area contributed by atoms with Gasteiger partial charge in [0.05, 0.1) is 5.38 Å². The fourth-order valence-electron chi connectivity index (χ4n) is 2.30. The number of hydrogen-bond donors (Lipinski definition) is 0. The molecule has 0 nitrogen and oxygen atoms in total. The van der Waals surface area contributed by atoms with E-state index >= 15 is 0 Å². The maximum Gasteiger partial charge on any atom is 0.0849 e. The summed E-state index contributed by atoms with van der Waals surface area (Å²) in [4.78, 5) is 0. The van der Waals surface area contributed by atoms with Crippen molar-refractivity contribution in [3.63, 3.8) is 0 Å². The van der Waals surface area contributed by atoms with Crippen LogP contribution in [0.5, 0.6) is 0 Å². The fourth-order valence-corrected chi connectivity index (χ4v) is 3.47. The highest BCUT2D eigenvalue weighted by Crippen LogP contribution is 2.37. The van der Waals surface area contributed by atoms with Gasteiger partial charge >= 0.3 is 0 Å². The Morgan fingerprint density at radius 1 is 1.00 bits per heavy atom. The van der Waals surface area contributed by atoms with Crippen molar-refractivity contribution in [1.29, 1.82) is 0 Å². The third-order valence-corrected chi connectivity index (χ3v) is 4.93. The molecule has 0 radical (unpaired) electrons. The predicted octanol–water partition coefficient (Wildman–Crippen LogP) is 6.56. The molecule has 0 bridgehead atoms. The van der Waals surface area contributed by atoms with Crippen molar-refractivity contribution in [3.8, 4) is 0 Å². The lowest BCUT2D eigenvalue weighted by Gasteiger charge is -2.17. The zero-order chi connectivity index (χ0) is 14.7. The topological polar surface area (TPSA) is 0 Å². The Bertz CT molecular complexity index is 608. The first-order valence-electron chi connectivity index (χ1n) is 6.77. The van der Waals surface area contributed by atoms with Crippen molar-refractivity contribution in [3.05, 3.63) is 68.1 Å². The van der Waals surface area contributed by atoms with Crippen LogP contribution in [0, 0.1) is 0 Å². The van der Waals surface area contributed by atoms with Gasteiger partial charge in [0, 0.05) is 9.50 Å². The van der Waals surface area contributed by atoms with Crippen LogP contribution in [0.25, 0.3) is 0 Å². The van der Waals surface area contributed by atoms with Gasteiger partial charge in [0.25, 0.3) is 0 Å². The Kier molecular flexibility index (Phi) is 5.54. The van der Waals surface area contributed by atoms with Crippen molar-refractivity contribution >= 4 is 39.1 Å². The van der Waals surface area contributed by atoms with Crippen LogP contribution in [0.15, 0.2) is 40.9 Å². The van der Waals surface area contributed by atoms with Gasteiger partial charge < -0.3 is 0 Å². The summed E-state index contributed by atoms with van der Waals surface area (Å²) in [5.74, 6) is 0. The first-order chi connectivity index (χ1) is 9.56. The summed E-state index contributed by atoms with van der Waals surface area (Å²) in [6.07, 6.45) is 1.98. The van der Waals surface area contributed by atoms with E-state index in [0.717, 1.165) is 22.9 Å². The third-order valence-electron chi connectivity index (χ3n) is 3.50. The van der Waals surface area contributed by atoms with Crippen molar-refractivity contribution < 1.29 is 0 Å². The molecule has 20 heavy (non-hydrogen) atoms. The monoisotopic (exact) mass is 370 g/mol. The molecular weight excluding hydrogens is 355 g/mol. The zero-order valence-corrected chi connectivity index (χ0v) is 14.7. The van der Waals surface area contributed by atoms with Crippen LogP contribution in [0.1, 0.15) is 41.5 Å². The maximum absolute atomic E-state index is 6.73. The van der Waals surface area contributed by atoms with E-state index in [4.69, 9.17) is 23.2 Å². The molecule has 1 atom stereocenters. The van der Waals surface area contributed by atoms with Crippen LogP contribution in [-0.4, -0.2) is 0 Å². The van der Waals surface area contributed by atoms with Crippen LogP contribution >= 0.6 is 39.1 Å². The number of aryl methyl sites for hydroxylation is 2. The molecule has 0 aliphatic carbocycles. The summed E-state index contributed by atoms with van der Waals surface area (Å²) < 4.78 is 0.992. The second kappa shape index (κ2) is 6.98. The van der Waals surface area contributed by atoms with Crippen molar-refractivity contribution in [2.24, 2.45) is 0 Å². The Morgan fingerprint density at radius 3 is 2.40 bits per heavy atom. The van der Waals surface area contributed by atoms with Gasteiger partial charge in [-0.25, -0.2) is 0 Å². The second-order valence-corrected chi connectivity index (χ2v) is 6.50. The van der Waals surface area contributed by atoms with Crippen molar-refractivity contribution in [2.75, 3.05) is 0 Å². The lowest BCUT2D eigenvalue weighted by atomic mass is 9.95. The largest absolute Gasteiger partial charge is 0.113 e. The van der Waals surface area contributed by atoms with Gasteiger partial charge in [0.1, 0.15) is 0 Å². The van der Waals surface area contributed by atoms with E-state index in [1.807, 2.05) is 18.2 Å². The van der Waals surface area contributed by atoms with Gasteiger partial charge in [-0.3, -0.25) is 0 Å². The molecule has 3 heteroatoms. The SMILES string of the molecule is CCc1ccc(CC)c(C(Cl)c2cc(Cl)ccc2Br)c1. The summed E-state index contributed by atoms with van der Waals surface area (Å²) in [5.41, 5.74) is 4.79. The van der Waals surface area contributed by atoms with E-state index in [0.29, 0.717) is 5.02 Å². The minimum Gasteiger partial charge on any atom is -0.113 e. The molecule has 0 aliphatic rings. The molecule has 0 spiro atoms. The third kappa shape index (κ3) is 3.39. The molecule has 0 amide bonds. The van der Waals surface area contributed by atoms with E-state index in [1.165, 1.54) is 16.7 Å². The molecule has 2 rings (SSSR count). The highest BCUT2D eigenvalue weighted by atomic mass is 79.9. The lowest BCUT2D eigenvalue weighted by molar-refractivity contribution is 1.01. The van der Waals surface area contributed by atoms with Crippen LogP contribution in [0.2, 0.25) is 5.02 Å². The molecule has 0 fully saturated rings. The number of hydrogen-bond acceptors (Lipinski definition) is 0. The normalized spacial score (nSPS) is 12.4. The number of halogens is 3. The molecule has 0 saturated heterocycles. The standard InChI is InChI=1S/C17H17BrCl2/c1-3-11-5-6-12(4-2)14(9-11)17(20)15-10-13(19)7-8-16(15)18/h5-10,17H,3-4H2,1-2H3. The van der Waals surface area contributed by atoms with Gasteiger partial charge in [-0.1, -0.05) is 59.6 Å². The van der Waals surface area contributed by atoms with E-state index in [1.54, 1.807) is 0 Å². The number of benzene rings is 2. The van der Waals surface area contributed by atoms with Crippen LogP contribution in [-0.2, 0) is 12.8 Å². The minimum absolute atomic E-state index is 0.190. The van der Waals surface area contributed by atoms with E-state index in [-0.39, 0.29) is 5.38 Å². The molecular formula is C17H17BrCl2. The summed E-state index contributed by atoms with van der Waals surface area (Å²) in [6.45, 7) is 4.31. The lowest BCUT2D eigenvalue weighted by Crippen LogP contribution is -2.01. The first-order valence-corrected chi connectivity index (χ1v) is 8.38. The van der Waals surface area contributed by atoms with Gasteiger partial charge in [0.2, 0.25) is 0 Å². The highest BCUT2D eigenvalue weighted by molar-refractivity contribution is 9.10. The van der Waals surface area contributed by atoms with Gasteiger partial charge in [-0.2, -0.15) is 0 Å². The summed E-state index contributed by atoms with van der Waals surface area (Å²) in [7, 11) is 0. The van der Waals surface area contributed by atoms with Crippen LogP contribution in [0.4, 0.5) is 0 Å². The summed E-state index contributed by atoms with van der Waals surface area (Å²) >= 11 is 16.4. The molecule has 0 aliphatic heterocycles. The molecule has 2 aromatic carbocycles. The average Bonchev–Trinajstić information content (AvgIpc) is 2.48. The quantitative estimate of drug-likeness (QED) is 0.534. The van der Waals surface area contributed by atoms with E-state index < -0.39 is 0 Å². The van der Waals surface area contributed by atoms with Gasteiger partial charge in [-0.15, -0.1) is 11.6 Å². The van der Waals surface area contributed by atoms with Crippen molar-refractivity contribution in [2.45, 2.75) is 32.1 Å². The van der Waals surface area contributed by atoms with E-state index in [2.05, 4.69) is 48.0 Å². The first kappa shape index (κ1) is 15.9. The Labute approximate surface area is 139 Å². The summed E-state index contributed by atoms with van der Waals surface area (Å²) in [5, 5.41) is 0.517. The fraction of sp³-hybridized carbons (Fsp3) is 0.294. The number of alkyl halides is 1. The smallest absolute Gasteiger partial charge is 0.0849 e. The highest BCUT2D eigenvalue weighted by Gasteiger charge is 2.17. The molecule has 106 valence electrons. The zero-order valence-electron chi connectivity index (χ0n) is 11.6. The molecule has 0 N–H and O–H groups in total. The maximum atomic E-state index is 6.73. The Balaban J connectivity index is 2.51. The van der Waals surface area contributed by atoms with Gasteiger partial charge in [0.15, 0.2) is 0 Å². The second-order valence-electron chi connectivity index (χ2n) is 4.77. The minimum atomic E-state index is -0.190. The molecule has 1 unspecified atom stereocenters. The average molecular weight is 372 g/mol.